The van der Waals surface area contributed by atoms with E-state index >= 15 is 0 Å². The molecule has 0 saturated carbocycles. The van der Waals surface area contributed by atoms with Crippen LogP contribution in [0.5, 0.6) is 0 Å². The maximum Gasteiger partial charge on any atom is 0.236 e. The van der Waals surface area contributed by atoms with E-state index in [0.717, 1.165) is 0 Å². The minimum absolute atomic E-state index is 0.0922. The van der Waals surface area contributed by atoms with Crippen LogP contribution in [0.15, 0.2) is 0 Å². The number of carbonyl (C=O) groups is 2. The Balaban J connectivity index is 2.94. The lowest BCUT2D eigenvalue weighted by molar-refractivity contribution is -0.140. The van der Waals surface area contributed by atoms with Gasteiger partial charge < -0.3 is 0 Å². The lowest BCUT2D eigenvalue weighted by Gasteiger charge is -2.22. The summed E-state index contributed by atoms with van der Waals surface area (Å²) in [6, 6.07) is 0. The molecule has 3 heteroatoms. The maximum atomic E-state index is 11.9. The molecule has 0 spiro atoms. The summed E-state index contributed by atoms with van der Waals surface area (Å²) in [6.07, 6.45) is 6.84. The van der Waals surface area contributed by atoms with Crippen molar-refractivity contribution in [1.29, 1.82) is 0 Å². The summed E-state index contributed by atoms with van der Waals surface area (Å²) in [5.41, 5.74) is -0.478. The van der Waals surface area contributed by atoms with Gasteiger partial charge in [0.25, 0.3) is 0 Å². The Morgan fingerprint density at radius 3 is 2.36 bits per heavy atom. The fourth-order valence-electron chi connectivity index (χ4n) is 1.91. The second-order valence-corrected chi connectivity index (χ2v) is 3.65. The van der Waals surface area contributed by atoms with Crippen LogP contribution in [0.1, 0.15) is 33.1 Å². The molecular formula is C11H15NO2. The summed E-state index contributed by atoms with van der Waals surface area (Å²) in [5.74, 6) is 2.12. The minimum atomic E-state index is -0.478. The Morgan fingerprint density at radius 2 is 2.00 bits per heavy atom. The highest BCUT2D eigenvalue weighted by Gasteiger charge is 2.48. The van der Waals surface area contributed by atoms with E-state index in [4.69, 9.17) is 6.42 Å². The number of hydrogen-bond acceptors (Lipinski definition) is 2. The number of rotatable bonds is 3. The van der Waals surface area contributed by atoms with Crippen LogP contribution >= 0.6 is 0 Å². The van der Waals surface area contributed by atoms with Crippen LogP contribution in [-0.4, -0.2) is 23.3 Å². The fraction of sp³-hybridized carbons (Fsp3) is 0.636. The highest BCUT2D eigenvalue weighted by atomic mass is 16.2. The van der Waals surface area contributed by atoms with Crippen molar-refractivity contribution < 1.29 is 9.59 Å². The van der Waals surface area contributed by atoms with Crippen molar-refractivity contribution in [3.8, 4) is 12.3 Å². The summed E-state index contributed by atoms with van der Waals surface area (Å²) in [7, 11) is 0. The Morgan fingerprint density at radius 1 is 1.43 bits per heavy atom. The highest BCUT2D eigenvalue weighted by molar-refractivity contribution is 6.06. The van der Waals surface area contributed by atoms with Gasteiger partial charge in [-0.05, 0) is 12.8 Å². The van der Waals surface area contributed by atoms with Crippen LogP contribution in [-0.2, 0) is 9.59 Å². The number of carbonyl (C=O) groups excluding carboxylic acids is 2. The number of likely N-dealkylation sites (tertiary alicyclic amines) is 1. The van der Waals surface area contributed by atoms with E-state index in [1.807, 2.05) is 13.8 Å². The van der Waals surface area contributed by atoms with E-state index in [-0.39, 0.29) is 18.4 Å². The SMILES string of the molecule is C#CCN1C(=O)CC(CC)(CC)C1=O. The van der Waals surface area contributed by atoms with Gasteiger partial charge in [0.1, 0.15) is 0 Å². The van der Waals surface area contributed by atoms with Crippen molar-refractivity contribution in [2.75, 3.05) is 6.54 Å². The Hall–Kier alpha value is -1.30. The van der Waals surface area contributed by atoms with E-state index in [1.165, 1.54) is 4.90 Å². The molecule has 0 N–H and O–H groups in total. The molecule has 76 valence electrons. The van der Waals surface area contributed by atoms with Crippen LogP contribution in [0, 0.1) is 17.8 Å². The number of amides is 2. The zero-order valence-electron chi connectivity index (χ0n) is 8.67. The normalized spacial score (nSPS) is 19.9. The van der Waals surface area contributed by atoms with E-state index in [1.54, 1.807) is 0 Å². The molecule has 0 aromatic rings. The quantitative estimate of drug-likeness (QED) is 0.498. The smallest absolute Gasteiger partial charge is 0.236 e. The summed E-state index contributed by atoms with van der Waals surface area (Å²) in [6.45, 7) is 3.99. The van der Waals surface area contributed by atoms with Crippen LogP contribution in [0.2, 0.25) is 0 Å². The van der Waals surface area contributed by atoms with Gasteiger partial charge in [-0.1, -0.05) is 19.8 Å². The van der Waals surface area contributed by atoms with Gasteiger partial charge in [-0.3, -0.25) is 14.5 Å². The first-order valence-corrected chi connectivity index (χ1v) is 4.89. The molecule has 2 amide bonds. The van der Waals surface area contributed by atoms with Gasteiger partial charge >= 0.3 is 0 Å². The highest BCUT2D eigenvalue weighted by Crippen LogP contribution is 2.38. The summed E-state index contributed by atoms with van der Waals surface area (Å²) >= 11 is 0. The predicted octanol–water partition coefficient (Wildman–Crippen LogP) is 1.18. The minimum Gasteiger partial charge on any atom is -0.274 e. The molecule has 0 aromatic carbocycles. The number of nitrogens with zero attached hydrogens (tertiary/aromatic N) is 1. The van der Waals surface area contributed by atoms with Crippen molar-refractivity contribution in [1.82, 2.24) is 4.90 Å². The second-order valence-electron chi connectivity index (χ2n) is 3.65. The van der Waals surface area contributed by atoms with Gasteiger partial charge in [-0.2, -0.15) is 0 Å². The van der Waals surface area contributed by atoms with Crippen molar-refractivity contribution >= 4 is 11.8 Å². The average molecular weight is 193 g/mol. The fourth-order valence-corrected chi connectivity index (χ4v) is 1.91. The van der Waals surface area contributed by atoms with Gasteiger partial charge in [-0.25, -0.2) is 0 Å². The van der Waals surface area contributed by atoms with E-state index in [2.05, 4.69) is 5.92 Å². The van der Waals surface area contributed by atoms with Crippen LogP contribution in [0.4, 0.5) is 0 Å². The molecule has 1 fully saturated rings. The molecule has 1 heterocycles. The molecule has 1 aliphatic rings. The Bertz CT molecular complexity index is 297. The Labute approximate surface area is 84.5 Å². The zero-order chi connectivity index (χ0) is 10.8. The topological polar surface area (TPSA) is 37.4 Å². The first-order valence-electron chi connectivity index (χ1n) is 4.89. The van der Waals surface area contributed by atoms with E-state index in [0.29, 0.717) is 19.3 Å². The lowest BCUT2D eigenvalue weighted by atomic mass is 9.81. The molecule has 0 aliphatic carbocycles. The number of imide groups is 1. The van der Waals surface area contributed by atoms with Crippen molar-refractivity contribution in [2.45, 2.75) is 33.1 Å². The predicted molar refractivity (Wildman–Crippen MR) is 53.2 cm³/mol. The molecule has 0 unspecified atom stereocenters. The van der Waals surface area contributed by atoms with Gasteiger partial charge in [0.15, 0.2) is 0 Å². The van der Waals surface area contributed by atoms with Gasteiger partial charge in [0.05, 0.1) is 12.0 Å². The first kappa shape index (κ1) is 10.8. The van der Waals surface area contributed by atoms with Crippen molar-refractivity contribution in [3.63, 3.8) is 0 Å². The van der Waals surface area contributed by atoms with Crippen LogP contribution in [0.3, 0.4) is 0 Å². The molecule has 14 heavy (non-hydrogen) atoms. The monoisotopic (exact) mass is 193 g/mol. The van der Waals surface area contributed by atoms with E-state index < -0.39 is 5.41 Å². The molecule has 1 saturated heterocycles. The van der Waals surface area contributed by atoms with Crippen molar-refractivity contribution in [3.05, 3.63) is 0 Å². The molecule has 1 aliphatic heterocycles. The van der Waals surface area contributed by atoms with Crippen LogP contribution in [0.25, 0.3) is 0 Å². The van der Waals surface area contributed by atoms with Gasteiger partial charge in [0, 0.05) is 6.42 Å². The second kappa shape index (κ2) is 3.83. The third-order valence-corrected chi connectivity index (χ3v) is 3.09. The van der Waals surface area contributed by atoms with Crippen LogP contribution < -0.4 is 0 Å². The molecular weight excluding hydrogens is 178 g/mol. The maximum absolute atomic E-state index is 11.9. The molecule has 0 atom stereocenters. The lowest BCUT2D eigenvalue weighted by Crippen LogP contribution is -2.35. The molecule has 0 radical (unpaired) electrons. The molecule has 0 bridgehead atoms. The van der Waals surface area contributed by atoms with Gasteiger partial charge in [-0.15, -0.1) is 6.42 Å². The largest absolute Gasteiger partial charge is 0.274 e. The number of terminal acetylenes is 1. The zero-order valence-corrected chi connectivity index (χ0v) is 8.67. The average Bonchev–Trinajstić information content (AvgIpc) is 2.43. The standard InChI is InChI=1S/C11H15NO2/c1-4-7-12-9(13)8-11(5-2,6-3)10(12)14/h1H,5-8H2,2-3H3. The third kappa shape index (κ3) is 1.41. The van der Waals surface area contributed by atoms with Crippen molar-refractivity contribution in [2.24, 2.45) is 5.41 Å². The first-order chi connectivity index (χ1) is 6.61. The summed E-state index contributed by atoms with van der Waals surface area (Å²) in [5, 5.41) is 0. The Kier molecular flexibility index (Phi) is 2.95. The summed E-state index contributed by atoms with van der Waals surface area (Å²) in [4.78, 5) is 24.6. The molecule has 1 rings (SSSR count). The third-order valence-electron chi connectivity index (χ3n) is 3.09. The number of hydrogen-bond donors (Lipinski definition) is 0. The molecule has 0 aromatic heterocycles. The van der Waals surface area contributed by atoms with E-state index in [9.17, 15) is 9.59 Å². The summed E-state index contributed by atoms with van der Waals surface area (Å²) < 4.78 is 0. The van der Waals surface area contributed by atoms with Gasteiger partial charge in [0.2, 0.25) is 11.8 Å². The molecule has 3 nitrogen and oxygen atoms in total.